The molecule has 0 saturated carbocycles. The number of hydrogen-bond acceptors (Lipinski definition) is 4. The van der Waals surface area contributed by atoms with Crippen LogP contribution in [0.1, 0.15) is 0 Å². The zero-order valence-corrected chi connectivity index (χ0v) is 29.5. The molecule has 242 valence electrons. The van der Waals surface area contributed by atoms with Crippen LogP contribution in [0.15, 0.2) is 168 Å². The molecule has 0 fully saturated rings. The van der Waals surface area contributed by atoms with Gasteiger partial charge in [0.1, 0.15) is 5.58 Å². The molecule has 5 heteroatoms. The molecule has 4 nitrogen and oxygen atoms in total. The average Bonchev–Trinajstić information content (AvgIpc) is 3.79. The Bertz CT molecular complexity index is 3180. The Balaban J connectivity index is 1.14. The van der Waals surface area contributed by atoms with Crippen molar-refractivity contribution in [1.29, 1.82) is 0 Å². The van der Waals surface area contributed by atoms with Gasteiger partial charge in [-0.1, -0.05) is 18.2 Å². The Hall–Kier alpha value is -6.39. The summed E-state index contributed by atoms with van der Waals surface area (Å²) in [4.78, 5) is 15.3. The molecule has 0 bridgehead atoms. The van der Waals surface area contributed by atoms with Gasteiger partial charge in [0.05, 0.1) is 0 Å². The summed E-state index contributed by atoms with van der Waals surface area (Å²) < 4.78 is 9.15. The van der Waals surface area contributed by atoms with Crippen LogP contribution in [0.3, 0.4) is 0 Å². The maximum absolute atomic E-state index is 6.27. The summed E-state index contributed by atoms with van der Waals surface area (Å²) >= 11 is 0.136. The maximum atomic E-state index is 6.27. The first-order valence-corrected chi connectivity index (χ1v) is 19.1. The molecular weight excluding hydrogens is 701 g/mol. The molecule has 0 atom stereocenters. The molecule has 0 aliphatic carbocycles. The molecular formula is C47H27N3OSe. The van der Waals surface area contributed by atoms with Gasteiger partial charge in [-0.15, -0.1) is 0 Å². The molecule has 0 saturated heterocycles. The van der Waals surface area contributed by atoms with E-state index in [0.717, 1.165) is 44.0 Å². The molecule has 0 N–H and O–H groups in total. The SMILES string of the molecule is c1ccc(-c2nc(-c3ccc4c(c3)oc3ccccc34)nc(-c3cccc4c3ccc3ccc5c6cccc(-c7ccccc7)c6[se]c5c34)n2)cc1. The second-order valence-corrected chi connectivity index (χ2v) is 15.3. The van der Waals surface area contributed by atoms with E-state index in [1.54, 1.807) is 0 Å². The van der Waals surface area contributed by atoms with Gasteiger partial charge in [-0.05, 0) is 6.07 Å². The van der Waals surface area contributed by atoms with Crippen molar-refractivity contribution in [3.63, 3.8) is 0 Å². The fourth-order valence-electron chi connectivity index (χ4n) is 7.68. The number of aromatic nitrogens is 3. The first-order chi connectivity index (χ1) is 25.8. The first kappa shape index (κ1) is 29.4. The standard InChI is InChI=1S/C47H27N3OSe/c1-3-11-28(12-4-1)32-16-9-18-37-38-26-22-29-21-24-33-36(42(29)44(38)52-43(32)37)17-10-19-39(33)47-49-45(30-13-5-2-6-14-30)48-46(50-47)31-23-25-35-34-15-7-8-20-40(34)51-41(35)27-31/h1-27H. The fraction of sp³-hybridized carbons (Fsp3) is 0. The fourth-order valence-corrected chi connectivity index (χ4v) is 10.6. The van der Waals surface area contributed by atoms with Crippen LogP contribution in [0.25, 0.3) is 108 Å². The summed E-state index contributed by atoms with van der Waals surface area (Å²) in [5, 5.41) is 9.78. The summed E-state index contributed by atoms with van der Waals surface area (Å²) in [6.07, 6.45) is 0. The number of para-hydroxylation sites is 1. The molecule has 0 amide bonds. The van der Waals surface area contributed by atoms with E-state index >= 15 is 0 Å². The molecule has 52 heavy (non-hydrogen) atoms. The molecule has 11 rings (SSSR count). The van der Waals surface area contributed by atoms with Crippen LogP contribution in [0.2, 0.25) is 0 Å². The number of fused-ring (bicyclic) bond motifs is 10. The van der Waals surface area contributed by atoms with E-state index in [0.29, 0.717) is 17.5 Å². The van der Waals surface area contributed by atoms with Gasteiger partial charge in [-0.3, -0.25) is 0 Å². The predicted molar refractivity (Wildman–Crippen MR) is 216 cm³/mol. The Morgan fingerprint density at radius 1 is 0.365 bits per heavy atom. The van der Waals surface area contributed by atoms with Crippen LogP contribution in [0, 0.1) is 0 Å². The zero-order valence-electron chi connectivity index (χ0n) is 27.7. The average molecular weight is 729 g/mol. The van der Waals surface area contributed by atoms with Gasteiger partial charge >= 0.3 is 270 Å². The molecule has 0 aliphatic rings. The molecule has 3 heterocycles. The van der Waals surface area contributed by atoms with Crippen molar-refractivity contribution in [3.05, 3.63) is 164 Å². The number of benzene rings is 8. The van der Waals surface area contributed by atoms with Crippen LogP contribution in [0.4, 0.5) is 0 Å². The predicted octanol–water partition coefficient (Wildman–Crippen LogP) is 12.1. The first-order valence-electron chi connectivity index (χ1n) is 17.4. The van der Waals surface area contributed by atoms with Gasteiger partial charge in [0, 0.05) is 5.39 Å². The van der Waals surface area contributed by atoms with Crippen LogP contribution in [-0.4, -0.2) is 29.5 Å². The third-order valence-electron chi connectivity index (χ3n) is 10.1. The van der Waals surface area contributed by atoms with Gasteiger partial charge in [-0.2, -0.15) is 0 Å². The van der Waals surface area contributed by atoms with Crippen molar-refractivity contribution in [3.8, 4) is 45.3 Å². The van der Waals surface area contributed by atoms with Gasteiger partial charge in [-0.25, -0.2) is 0 Å². The quantitative estimate of drug-likeness (QED) is 0.134. The minimum absolute atomic E-state index is 0.136. The van der Waals surface area contributed by atoms with E-state index in [2.05, 4.69) is 121 Å². The number of furan rings is 1. The molecule has 3 aromatic heterocycles. The van der Waals surface area contributed by atoms with Gasteiger partial charge in [0.2, 0.25) is 0 Å². The van der Waals surface area contributed by atoms with Crippen LogP contribution in [0.5, 0.6) is 0 Å². The second kappa shape index (κ2) is 11.6. The number of hydrogen-bond donors (Lipinski definition) is 0. The van der Waals surface area contributed by atoms with Crippen molar-refractivity contribution in [2.75, 3.05) is 0 Å². The number of nitrogens with zero attached hydrogens (tertiary/aromatic N) is 3. The molecule has 8 aromatic carbocycles. The summed E-state index contributed by atoms with van der Waals surface area (Å²) in [5.74, 6) is 1.89. The summed E-state index contributed by atoms with van der Waals surface area (Å²) in [6.45, 7) is 0. The minimum atomic E-state index is 0.136. The van der Waals surface area contributed by atoms with Crippen molar-refractivity contribution in [1.82, 2.24) is 15.0 Å². The van der Waals surface area contributed by atoms with Crippen molar-refractivity contribution in [2.45, 2.75) is 0 Å². The number of rotatable bonds is 4. The van der Waals surface area contributed by atoms with Crippen molar-refractivity contribution < 1.29 is 4.42 Å². The topological polar surface area (TPSA) is 51.8 Å². The Morgan fingerprint density at radius 3 is 1.79 bits per heavy atom. The van der Waals surface area contributed by atoms with Crippen molar-refractivity contribution in [2.24, 2.45) is 0 Å². The van der Waals surface area contributed by atoms with Crippen LogP contribution in [-0.2, 0) is 0 Å². The normalized spacial score (nSPS) is 11.8. The second-order valence-electron chi connectivity index (χ2n) is 13.1. The van der Waals surface area contributed by atoms with E-state index in [9.17, 15) is 0 Å². The Morgan fingerprint density at radius 2 is 0.962 bits per heavy atom. The van der Waals surface area contributed by atoms with E-state index in [4.69, 9.17) is 19.4 Å². The Kier molecular flexibility index (Phi) is 6.53. The summed E-state index contributed by atoms with van der Waals surface area (Å²) in [7, 11) is 0. The van der Waals surface area contributed by atoms with Gasteiger partial charge in [0.25, 0.3) is 0 Å². The monoisotopic (exact) mass is 729 g/mol. The van der Waals surface area contributed by atoms with Crippen LogP contribution >= 0.6 is 0 Å². The van der Waals surface area contributed by atoms with E-state index in [-0.39, 0.29) is 14.5 Å². The molecule has 0 radical (unpaired) electrons. The van der Waals surface area contributed by atoms with E-state index in [1.165, 1.54) is 46.6 Å². The molecule has 0 spiro atoms. The molecule has 0 aliphatic heterocycles. The third-order valence-corrected chi connectivity index (χ3v) is 12.8. The summed E-state index contributed by atoms with van der Waals surface area (Å²) in [5.41, 5.74) is 7.08. The van der Waals surface area contributed by atoms with E-state index in [1.807, 2.05) is 42.5 Å². The third kappa shape index (κ3) is 4.57. The summed E-state index contributed by atoms with van der Waals surface area (Å²) in [6, 6.07) is 57.7. The zero-order chi connectivity index (χ0) is 34.2. The van der Waals surface area contributed by atoms with Gasteiger partial charge < -0.3 is 0 Å². The Labute approximate surface area is 304 Å². The van der Waals surface area contributed by atoms with Crippen molar-refractivity contribution >= 4 is 77.3 Å². The molecule has 0 unspecified atom stereocenters. The molecule has 11 aromatic rings. The van der Waals surface area contributed by atoms with E-state index < -0.39 is 0 Å². The van der Waals surface area contributed by atoms with Crippen LogP contribution < -0.4 is 0 Å². The van der Waals surface area contributed by atoms with Gasteiger partial charge in [0.15, 0.2) is 0 Å².